The fraction of sp³-hybridized carbons (Fsp3) is 0. The van der Waals surface area contributed by atoms with Gasteiger partial charge in [0.05, 0.1) is 16.4 Å². The van der Waals surface area contributed by atoms with E-state index in [0.717, 1.165) is 60.8 Å². The van der Waals surface area contributed by atoms with E-state index in [9.17, 15) is 0 Å². The van der Waals surface area contributed by atoms with E-state index in [4.69, 9.17) is 14.4 Å². The lowest BCUT2D eigenvalue weighted by Crippen LogP contribution is -1.94. The third-order valence-electron chi connectivity index (χ3n) is 8.41. The summed E-state index contributed by atoms with van der Waals surface area (Å²) in [7, 11) is 0. The third kappa shape index (κ3) is 3.78. The molecule has 4 heteroatoms. The summed E-state index contributed by atoms with van der Waals surface area (Å²) in [5, 5.41) is 3.28. The molecule has 3 heterocycles. The number of fused-ring (bicyclic) bond motifs is 7. The van der Waals surface area contributed by atoms with Gasteiger partial charge in [0, 0.05) is 27.6 Å². The molecule has 0 spiro atoms. The molecule has 4 nitrogen and oxygen atoms in total. The van der Waals surface area contributed by atoms with Crippen molar-refractivity contribution in [2.24, 2.45) is 0 Å². The van der Waals surface area contributed by atoms with Crippen molar-refractivity contribution < 1.29 is 4.42 Å². The Morgan fingerprint density at radius 2 is 1.14 bits per heavy atom. The van der Waals surface area contributed by atoms with Crippen LogP contribution in [0, 0.1) is 0 Å². The number of benzene rings is 6. The first kappa shape index (κ1) is 24.6. The highest BCUT2D eigenvalue weighted by Crippen LogP contribution is 2.43. The quantitative estimate of drug-likeness (QED) is 0.214. The Kier molecular flexibility index (Phi) is 5.47. The van der Waals surface area contributed by atoms with Crippen molar-refractivity contribution in [3.05, 3.63) is 152 Å². The van der Waals surface area contributed by atoms with Gasteiger partial charge in [-0.2, -0.15) is 0 Å². The molecule has 6 aromatic carbocycles. The largest absolute Gasteiger partial charge is 0.452 e. The molecule has 206 valence electrons. The number of rotatable bonds is 4. The zero-order chi connectivity index (χ0) is 29.0. The van der Waals surface area contributed by atoms with Crippen molar-refractivity contribution in [2.75, 3.05) is 0 Å². The van der Waals surface area contributed by atoms with Crippen LogP contribution >= 0.6 is 0 Å². The maximum atomic E-state index is 6.64. The van der Waals surface area contributed by atoms with Gasteiger partial charge in [-0.25, -0.2) is 9.97 Å². The van der Waals surface area contributed by atoms with E-state index in [-0.39, 0.29) is 0 Å². The van der Waals surface area contributed by atoms with Crippen LogP contribution in [-0.2, 0) is 0 Å². The third-order valence-corrected chi connectivity index (χ3v) is 8.41. The van der Waals surface area contributed by atoms with Crippen molar-refractivity contribution in [1.82, 2.24) is 14.5 Å². The van der Waals surface area contributed by atoms with Gasteiger partial charge in [0.15, 0.2) is 11.4 Å². The second kappa shape index (κ2) is 9.79. The Bertz CT molecular complexity index is 2480. The number of para-hydroxylation sites is 1. The van der Waals surface area contributed by atoms with Gasteiger partial charge in [-0.05, 0) is 41.5 Å². The van der Waals surface area contributed by atoms with Crippen LogP contribution in [0.15, 0.2) is 156 Å². The monoisotopic (exact) mass is 563 g/mol. The van der Waals surface area contributed by atoms with Gasteiger partial charge in [-0.3, -0.25) is 0 Å². The number of hydrogen-bond donors (Lipinski definition) is 0. The Labute approximate surface area is 253 Å². The summed E-state index contributed by atoms with van der Waals surface area (Å²) in [6.45, 7) is 0. The van der Waals surface area contributed by atoms with Crippen LogP contribution in [0.1, 0.15) is 0 Å². The summed E-state index contributed by atoms with van der Waals surface area (Å²) < 4.78 is 9.00. The van der Waals surface area contributed by atoms with Gasteiger partial charge >= 0.3 is 0 Å². The minimum atomic E-state index is 0.677. The van der Waals surface area contributed by atoms with E-state index < -0.39 is 0 Å². The molecule has 0 saturated heterocycles. The molecular weight excluding hydrogens is 538 g/mol. The standard InChI is InChI=1S/C40H25N3O/c1-4-13-26(14-5-1)29-19-12-20-30(25-29)43-32-22-11-10-21-31(32)35-33(43)23-24-34-36(35)38-39(44-34)37(27-15-6-2-7-16-27)41-40(42-38)28-17-8-3-9-18-28/h1-25H. The van der Waals surface area contributed by atoms with Crippen molar-refractivity contribution >= 4 is 43.9 Å². The summed E-state index contributed by atoms with van der Waals surface area (Å²) in [5.74, 6) is 0.677. The van der Waals surface area contributed by atoms with Gasteiger partial charge < -0.3 is 8.98 Å². The lowest BCUT2D eigenvalue weighted by molar-refractivity contribution is 0.667. The zero-order valence-corrected chi connectivity index (χ0v) is 23.7. The molecule has 0 radical (unpaired) electrons. The molecule has 44 heavy (non-hydrogen) atoms. The van der Waals surface area contributed by atoms with Crippen molar-refractivity contribution in [1.29, 1.82) is 0 Å². The minimum Gasteiger partial charge on any atom is -0.452 e. The fourth-order valence-corrected chi connectivity index (χ4v) is 6.43. The first-order valence-corrected chi connectivity index (χ1v) is 14.8. The normalized spacial score (nSPS) is 11.6. The lowest BCUT2D eigenvalue weighted by atomic mass is 10.1. The summed E-state index contributed by atoms with van der Waals surface area (Å²) in [6, 6.07) is 52.5. The van der Waals surface area contributed by atoms with Crippen LogP contribution in [0.4, 0.5) is 0 Å². The highest BCUT2D eigenvalue weighted by molar-refractivity contribution is 6.27. The molecular formula is C40H25N3O. The summed E-state index contributed by atoms with van der Waals surface area (Å²) in [5.41, 5.74) is 10.8. The Hall–Kier alpha value is -6.00. The Balaban J connectivity index is 1.39. The maximum Gasteiger partial charge on any atom is 0.180 e. The average Bonchev–Trinajstić information content (AvgIpc) is 3.65. The molecule has 0 amide bonds. The molecule has 9 aromatic rings. The van der Waals surface area contributed by atoms with E-state index in [1.807, 2.05) is 36.4 Å². The zero-order valence-electron chi connectivity index (χ0n) is 23.7. The first-order valence-electron chi connectivity index (χ1n) is 14.8. The number of hydrogen-bond acceptors (Lipinski definition) is 3. The van der Waals surface area contributed by atoms with E-state index in [2.05, 4.69) is 120 Å². The van der Waals surface area contributed by atoms with E-state index in [1.54, 1.807) is 0 Å². The molecule has 0 fully saturated rings. The van der Waals surface area contributed by atoms with Gasteiger partial charge in [0.25, 0.3) is 0 Å². The molecule has 0 aliphatic rings. The van der Waals surface area contributed by atoms with Crippen molar-refractivity contribution in [3.63, 3.8) is 0 Å². The molecule has 0 N–H and O–H groups in total. The number of nitrogens with zero attached hydrogens (tertiary/aromatic N) is 3. The second-order valence-corrected chi connectivity index (χ2v) is 11.0. The van der Waals surface area contributed by atoms with Crippen molar-refractivity contribution in [2.45, 2.75) is 0 Å². The predicted molar refractivity (Wildman–Crippen MR) is 180 cm³/mol. The maximum absolute atomic E-state index is 6.64. The molecule has 0 aliphatic carbocycles. The summed E-state index contributed by atoms with van der Waals surface area (Å²) >= 11 is 0. The minimum absolute atomic E-state index is 0.677. The van der Waals surface area contributed by atoms with E-state index >= 15 is 0 Å². The van der Waals surface area contributed by atoms with Crippen LogP contribution < -0.4 is 0 Å². The Morgan fingerprint density at radius 3 is 1.91 bits per heavy atom. The highest BCUT2D eigenvalue weighted by atomic mass is 16.3. The van der Waals surface area contributed by atoms with Gasteiger partial charge in [0.1, 0.15) is 16.8 Å². The summed E-state index contributed by atoms with van der Waals surface area (Å²) in [4.78, 5) is 10.3. The van der Waals surface area contributed by atoms with Gasteiger partial charge in [-0.1, -0.05) is 121 Å². The van der Waals surface area contributed by atoms with Crippen LogP contribution in [0.3, 0.4) is 0 Å². The first-order chi connectivity index (χ1) is 21.8. The molecule has 0 aliphatic heterocycles. The average molecular weight is 564 g/mol. The van der Waals surface area contributed by atoms with Crippen molar-refractivity contribution in [3.8, 4) is 39.5 Å². The number of aromatic nitrogens is 3. The van der Waals surface area contributed by atoms with Gasteiger partial charge in [0.2, 0.25) is 0 Å². The topological polar surface area (TPSA) is 43.9 Å². The number of furan rings is 1. The molecule has 3 aromatic heterocycles. The molecule has 0 bridgehead atoms. The molecule has 0 atom stereocenters. The predicted octanol–water partition coefficient (Wildman–Crippen LogP) is 10.5. The van der Waals surface area contributed by atoms with E-state index in [1.165, 1.54) is 11.1 Å². The lowest BCUT2D eigenvalue weighted by Gasteiger charge is -2.10. The molecule has 0 saturated carbocycles. The van der Waals surface area contributed by atoms with Gasteiger partial charge in [-0.15, -0.1) is 0 Å². The molecule has 9 rings (SSSR count). The summed E-state index contributed by atoms with van der Waals surface area (Å²) in [6.07, 6.45) is 0. The van der Waals surface area contributed by atoms with E-state index in [0.29, 0.717) is 11.4 Å². The SMILES string of the molecule is c1ccc(-c2cccc(-n3c4ccccc4c4c5c(ccc43)oc3c(-c4ccccc4)nc(-c4ccccc4)nc35)c2)cc1. The second-order valence-electron chi connectivity index (χ2n) is 11.0. The Morgan fingerprint density at radius 1 is 0.477 bits per heavy atom. The van der Waals surface area contributed by atoms with Crippen LogP contribution in [0.2, 0.25) is 0 Å². The van der Waals surface area contributed by atoms with Crippen LogP contribution in [0.25, 0.3) is 83.3 Å². The van der Waals surface area contributed by atoms with Crippen LogP contribution in [0.5, 0.6) is 0 Å². The smallest absolute Gasteiger partial charge is 0.180 e. The van der Waals surface area contributed by atoms with Crippen LogP contribution in [-0.4, -0.2) is 14.5 Å². The highest BCUT2D eigenvalue weighted by Gasteiger charge is 2.23. The fourth-order valence-electron chi connectivity index (χ4n) is 6.43. The molecule has 0 unspecified atom stereocenters.